The van der Waals surface area contributed by atoms with Crippen LogP contribution in [-0.4, -0.2) is 0 Å². The summed E-state index contributed by atoms with van der Waals surface area (Å²) < 4.78 is 0. The molecule has 0 saturated heterocycles. The first-order valence-corrected chi connectivity index (χ1v) is 7.68. The summed E-state index contributed by atoms with van der Waals surface area (Å²) in [4.78, 5) is 0. The predicted octanol–water partition coefficient (Wildman–Crippen LogP) is 3.49. The first-order chi connectivity index (χ1) is 5.61. The van der Waals surface area contributed by atoms with Gasteiger partial charge in [0.2, 0.25) is 0 Å². The standard InChI is InChI=1S/C10H13.ClH.Zn/c1-10(2,3)9-7-5-4-6-8-9;;/h4-8H,1H2,2-3H3;1H;/q-1;;+2/p-1. The van der Waals surface area contributed by atoms with E-state index in [1.165, 1.54) is 5.56 Å². The molecule has 1 aromatic rings. The average molecular weight is 234 g/mol. The van der Waals surface area contributed by atoms with E-state index in [1.54, 1.807) is 0 Å². The van der Waals surface area contributed by atoms with E-state index in [0.29, 0.717) is 0 Å². The Morgan fingerprint density at radius 2 is 1.58 bits per heavy atom. The normalized spacial score (nSPS) is 10.2. The van der Waals surface area contributed by atoms with Crippen LogP contribution in [0.5, 0.6) is 0 Å². The zero-order chi connectivity index (χ0) is 9.61. The molecule has 0 unspecified atom stereocenters. The fourth-order valence-corrected chi connectivity index (χ4v) is 0.889. The van der Waals surface area contributed by atoms with Gasteiger partial charge in [0.25, 0.3) is 0 Å². The van der Waals surface area contributed by atoms with Crippen LogP contribution in [0, 0.1) is 6.92 Å². The van der Waals surface area contributed by atoms with Gasteiger partial charge < -0.3 is 6.92 Å². The van der Waals surface area contributed by atoms with Crippen molar-refractivity contribution >= 4 is 9.69 Å². The number of hydrogen-bond donors (Lipinski definition) is 0. The SMILES string of the molecule is [CH2-]C(C)(C)c1ccccc1.[Cl][Zn+]. The van der Waals surface area contributed by atoms with E-state index in [0.717, 1.165) is 17.3 Å². The quantitative estimate of drug-likeness (QED) is 0.515. The van der Waals surface area contributed by atoms with Gasteiger partial charge in [-0.1, -0.05) is 49.7 Å². The van der Waals surface area contributed by atoms with Crippen LogP contribution in [0.25, 0.3) is 0 Å². The number of benzene rings is 1. The van der Waals surface area contributed by atoms with E-state index >= 15 is 0 Å². The van der Waals surface area contributed by atoms with Gasteiger partial charge in [0, 0.05) is 0 Å². The van der Waals surface area contributed by atoms with E-state index in [-0.39, 0.29) is 5.41 Å². The topological polar surface area (TPSA) is 0 Å². The van der Waals surface area contributed by atoms with Gasteiger partial charge in [-0.2, -0.15) is 0 Å². The fourth-order valence-electron chi connectivity index (χ4n) is 0.889. The fraction of sp³-hybridized carbons (Fsp3) is 0.300. The van der Waals surface area contributed by atoms with Crippen molar-refractivity contribution in [2.24, 2.45) is 0 Å². The van der Waals surface area contributed by atoms with Crippen LogP contribution in [0.1, 0.15) is 19.4 Å². The molecule has 12 heavy (non-hydrogen) atoms. The molecule has 1 rings (SSSR count). The van der Waals surface area contributed by atoms with E-state index in [1.807, 2.05) is 18.2 Å². The van der Waals surface area contributed by atoms with Crippen molar-refractivity contribution in [3.63, 3.8) is 0 Å². The first-order valence-electron chi connectivity index (χ1n) is 3.78. The van der Waals surface area contributed by atoms with Crippen molar-refractivity contribution < 1.29 is 17.3 Å². The van der Waals surface area contributed by atoms with Crippen molar-refractivity contribution in [1.82, 2.24) is 0 Å². The van der Waals surface area contributed by atoms with Crippen LogP contribution in [0.2, 0.25) is 0 Å². The van der Waals surface area contributed by atoms with Crippen LogP contribution in [0.15, 0.2) is 30.3 Å². The van der Waals surface area contributed by atoms with Gasteiger partial charge in [0.05, 0.1) is 0 Å². The molecule has 0 aromatic heterocycles. The number of rotatable bonds is 1. The zero-order valence-electron chi connectivity index (χ0n) is 7.68. The Kier molecular flexibility index (Phi) is 5.79. The maximum atomic E-state index is 4.76. The Bertz CT molecular complexity index is 201. The molecule has 0 N–H and O–H groups in total. The van der Waals surface area contributed by atoms with Gasteiger partial charge in [-0.15, -0.1) is 5.41 Å². The molecule has 0 radical (unpaired) electrons. The number of halogens is 1. The Morgan fingerprint density at radius 3 is 1.83 bits per heavy atom. The van der Waals surface area contributed by atoms with Crippen LogP contribution in [0.4, 0.5) is 0 Å². The van der Waals surface area contributed by atoms with E-state index in [4.69, 9.17) is 9.69 Å². The Hall–Kier alpha value is 0.133. The second-order valence-electron chi connectivity index (χ2n) is 3.25. The van der Waals surface area contributed by atoms with Crippen LogP contribution in [-0.2, 0) is 22.7 Å². The summed E-state index contributed by atoms with van der Waals surface area (Å²) in [5.41, 5.74) is 1.33. The molecule has 0 bridgehead atoms. The minimum atomic E-state index is 0.0429. The van der Waals surface area contributed by atoms with E-state index in [9.17, 15) is 0 Å². The molecule has 0 saturated carbocycles. The summed E-state index contributed by atoms with van der Waals surface area (Å²) in [7, 11) is 4.76. The van der Waals surface area contributed by atoms with Crippen molar-refractivity contribution in [3.05, 3.63) is 42.8 Å². The van der Waals surface area contributed by atoms with Gasteiger partial charge in [-0.25, -0.2) is 0 Å². The van der Waals surface area contributed by atoms with Gasteiger partial charge in [-0.05, 0) is 0 Å². The predicted molar refractivity (Wildman–Crippen MR) is 50.7 cm³/mol. The summed E-state index contributed by atoms with van der Waals surface area (Å²) >= 11 is 0.847. The van der Waals surface area contributed by atoms with Gasteiger partial charge in [0.1, 0.15) is 0 Å². The van der Waals surface area contributed by atoms with Crippen molar-refractivity contribution in [2.45, 2.75) is 19.3 Å². The van der Waals surface area contributed by atoms with Gasteiger partial charge >= 0.3 is 27.0 Å². The second-order valence-corrected chi connectivity index (χ2v) is 3.25. The molecule has 0 aliphatic rings. The summed E-state index contributed by atoms with van der Waals surface area (Å²) in [6, 6.07) is 10.3. The average Bonchev–Trinajstić information content (AvgIpc) is 2.08. The maximum absolute atomic E-state index is 4.76. The van der Waals surface area contributed by atoms with E-state index < -0.39 is 0 Å². The number of hydrogen-bond acceptors (Lipinski definition) is 0. The third kappa shape index (κ3) is 4.23. The Morgan fingerprint density at radius 1 is 1.17 bits per heavy atom. The van der Waals surface area contributed by atoms with Crippen LogP contribution < -0.4 is 0 Å². The molecule has 2 heteroatoms. The molecule has 0 fully saturated rings. The monoisotopic (exact) mass is 232 g/mol. The molecular weight excluding hydrogens is 221 g/mol. The van der Waals surface area contributed by atoms with E-state index in [2.05, 4.69) is 32.9 Å². The molecule has 62 valence electrons. The molecule has 0 amide bonds. The molecule has 0 aliphatic heterocycles. The van der Waals surface area contributed by atoms with Crippen molar-refractivity contribution in [3.8, 4) is 0 Å². The third-order valence-electron chi connectivity index (χ3n) is 1.56. The van der Waals surface area contributed by atoms with Crippen LogP contribution >= 0.6 is 9.69 Å². The molecule has 0 atom stereocenters. The Balaban J connectivity index is 0.000000561. The minimum absolute atomic E-state index is 0.0429. The summed E-state index contributed by atoms with van der Waals surface area (Å²) in [5.74, 6) is 0. The van der Waals surface area contributed by atoms with Gasteiger partial charge in [-0.3, -0.25) is 0 Å². The van der Waals surface area contributed by atoms with Crippen LogP contribution in [0.3, 0.4) is 0 Å². The summed E-state index contributed by atoms with van der Waals surface area (Å²) in [5, 5.41) is 0. The molecule has 0 nitrogen and oxygen atoms in total. The molecule has 0 aliphatic carbocycles. The summed E-state index contributed by atoms with van der Waals surface area (Å²) in [6.07, 6.45) is 0. The summed E-state index contributed by atoms with van der Waals surface area (Å²) in [6.45, 7) is 8.27. The molecule has 1 aromatic carbocycles. The molecule has 0 heterocycles. The Labute approximate surface area is 89.0 Å². The zero-order valence-corrected chi connectivity index (χ0v) is 11.4. The van der Waals surface area contributed by atoms with Crippen molar-refractivity contribution in [1.29, 1.82) is 0 Å². The van der Waals surface area contributed by atoms with Crippen molar-refractivity contribution in [2.75, 3.05) is 0 Å². The first kappa shape index (κ1) is 12.1. The second kappa shape index (κ2) is 5.72. The van der Waals surface area contributed by atoms with Gasteiger partial charge in [0.15, 0.2) is 0 Å². The third-order valence-corrected chi connectivity index (χ3v) is 1.56. The molecule has 0 spiro atoms. The molecular formula is C10H13ClZn.